The zero-order valence-corrected chi connectivity index (χ0v) is 12.7. The van der Waals surface area contributed by atoms with E-state index >= 15 is 0 Å². The Labute approximate surface area is 136 Å². The highest BCUT2D eigenvalue weighted by atomic mass is 19.4. The van der Waals surface area contributed by atoms with Crippen LogP contribution in [0.25, 0.3) is 6.08 Å². The van der Waals surface area contributed by atoms with Crippen molar-refractivity contribution in [3.05, 3.63) is 47.6 Å². The maximum Gasteiger partial charge on any atom is 0.573 e. The third-order valence-electron chi connectivity index (χ3n) is 2.68. The Hall–Kier alpha value is -2.77. The lowest BCUT2D eigenvalue weighted by Gasteiger charge is -2.09. The minimum atomic E-state index is -4.79. The molecule has 0 saturated carbocycles. The summed E-state index contributed by atoms with van der Waals surface area (Å²) in [6, 6.07) is 4.70. The second-order valence-electron chi connectivity index (χ2n) is 4.76. The molecule has 0 aliphatic carbocycles. The van der Waals surface area contributed by atoms with Crippen LogP contribution in [0.2, 0.25) is 0 Å². The van der Waals surface area contributed by atoms with Gasteiger partial charge in [-0.25, -0.2) is 9.59 Å². The quantitative estimate of drug-likeness (QED) is 0.605. The minimum Gasteiger partial charge on any atom is -0.478 e. The van der Waals surface area contributed by atoms with E-state index in [0.29, 0.717) is 5.56 Å². The van der Waals surface area contributed by atoms with Gasteiger partial charge >= 0.3 is 18.3 Å². The maximum atomic E-state index is 12.1. The molecule has 0 spiro atoms. The number of hydrogen-bond acceptors (Lipinski definition) is 4. The predicted octanol–water partition coefficient (Wildman–Crippen LogP) is 3.56. The molecule has 1 rings (SSSR count). The summed E-state index contributed by atoms with van der Waals surface area (Å²) in [7, 11) is 0. The minimum absolute atomic E-state index is 0.0604. The molecule has 0 unspecified atom stereocenters. The molecule has 1 aromatic carbocycles. The van der Waals surface area contributed by atoms with E-state index in [-0.39, 0.29) is 24.2 Å². The van der Waals surface area contributed by atoms with Gasteiger partial charge in [0.25, 0.3) is 0 Å². The first-order valence-corrected chi connectivity index (χ1v) is 6.71. The van der Waals surface area contributed by atoms with Crippen LogP contribution in [0.4, 0.5) is 13.2 Å². The molecular formula is C16H15F3O5. The van der Waals surface area contributed by atoms with E-state index in [1.54, 1.807) is 0 Å². The lowest BCUT2D eigenvalue weighted by Crippen LogP contribution is -2.16. The van der Waals surface area contributed by atoms with Crippen LogP contribution < -0.4 is 4.74 Å². The van der Waals surface area contributed by atoms with Crippen LogP contribution in [-0.4, -0.2) is 30.0 Å². The molecular weight excluding hydrogens is 329 g/mol. The lowest BCUT2D eigenvalue weighted by molar-refractivity contribution is -0.274. The predicted molar refractivity (Wildman–Crippen MR) is 79.1 cm³/mol. The second kappa shape index (κ2) is 8.19. The van der Waals surface area contributed by atoms with E-state index in [1.165, 1.54) is 25.1 Å². The first-order valence-electron chi connectivity index (χ1n) is 6.71. The number of carbonyl (C=O) groups excluding carboxylic acids is 1. The van der Waals surface area contributed by atoms with Gasteiger partial charge in [0.2, 0.25) is 0 Å². The fourth-order valence-electron chi connectivity index (χ4n) is 1.58. The zero-order chi connectivity index (χ0) is 18.3. The summed E-state index contributed by atoms with van der Waals surface area (Å²) in [5.41, 5.74) is 0.498. The van der Waals surface area contributed by atoms with Gasteiger partial charge < -0.3 is 14.6 Å². The Bertz CT molecular complexity index is 645. The average Bonchev–Trinajstić information content (AvgIpc) is 2.46. The summed E-state index contributed by atoms with van der Waals surface area (Å²) in [6.07, 6.45) is -3.58. The maximum absolute atomic E-state index is 12.1. The number of carboxylic acids is 1. The third kappa shape index (κ3) is 6.99. The fraction of sp³-hybridized carbons (Fsp3) is 0.250. The van der Waals surface area contributed by atoms with Crippen LogP contribution in [0.15, 0.2) is 42.0 Å². The van der Waals surface area contributed by atoms with Crippen molar-refractivity contribution < 1.29 is 37.3 Å². The molecule has 0 fully saturated rings. The van der Waals surface area contributed by atoms with Crippen molar-refractivity contribution in [2.24, 2.45) is 0 Å². The summed E-state index contributed by atoms with van der Waals surface area (Å²) in [4.78, 5) is 22.4. The number of carbonyl (C=O) groups is 2. The van der Waals surface area contributed by atoms with Gasteiger partial charge in [-0.3, -0.25) is 0 Å². The Balaban J connectivity index is 2.76. The van der Waals surface area contributed by atoms with Crippen molar-refractivity contribution in [1.29, 1.82) is 0 Å². The van der Waals surface area contributed by atoms with Crippen molar-refractivity contribution in [1.82, 2.24) is 0 Å². The molecule has 0 atom stereocenters. The molecule has 130 valence electrons. The number of rotatable bonds is 7. The molecule has 1 N–H and O–H groups in total. The molecule has 8 heteroatoms. The summed E-state index contributed by atoms with van der Waals surface area (Å²) in [5, 5.41) is 9.12. The van der Waals surface area contributed by atoms with E-state index in [2.05, 4.69) is 11.3 Å². The van der Waals surface area contributed by atoms with E-state index in [9.17, 15) is 22.8 Å². The van der Waals surface area contributed by atoms with Crippen molar-refractivity contribution in [2.45, 2.75) is 19.7 Å². The molecule has 0 amide bonds. The SMILES string of the molecule is C=C(C)C(=O)OCCC(=Cc1ccc(OC(F)(F)F)cc1)C(=O)O. The lowest BCUT2D eigenvalue weighted by atomic mass is 10.1. The summed E-state index contributed by atoms with van der Waals surface area (Å²) >= 11 is 0. The number of carboxylic acid groups (broad SMARTS) is 1. The molecule has 24 heavy (non-hydrogen) atoms. The first kappa shape index (κ1) is 19.3. The van der Waals surface area contributed by atoms with Crippen LogP contribution in [0, 0.1) is 0 Å². The van der Waals surface area contributed by atoms with Crippen molar-refractivity contribution in [2.75, 3.05) is 6.61 Å². The van der Waals surface area contributed by atoms with Gasteiger partial charge in [-0.1, -0.05) is 18.7 Å². The molecule has 0 aliphatic rings. The summed E-state index contributed by atoms with van der Waals surface area (Å²) in [6.45, 7) is 4.70. The normalized spacial score (nSPS) is 11.8. The van der Waals surface area contributed by atoms with Crippen LogP contribution in [0.5, 0.6) is 5.75 Å². The zero-order valence-electron chi connectivity index (χ0n) is 12.7. The van der Waals surface area contributed by atoms with Crippen LogP contribution in [-0.2, 0) is 14.3 Å². The second-order valence-corrected chi connectivity index (χ2v) is 4.76. The van der Waals surface area contributed by atoms with Gasteiger partial charge in [-0.2, -0.15) is 0 Å². The third-order valence-corrected chi connectivity index (χ3v) is 2.68. The molecule has 0 aliphatic heterocycles. The smallest absolute Gasteiger partial charge is 0.478 e. The number of aliphatic carboxylic acids is 1. The average molecular weight is 344 g/mol. The van der Waals surface area contributed by atoms with Gasteiger partial charge in [-0.05, 0) is 30.7 Å². The van der Waals surface area contributed by atoms with Crippen molar-refractivity contribution in [3.63, 3.8) is 0 Å². The van der Waals surface area contributed by atoms with Crippen molar-refractivity contribution in [3.8, 4) is 5.75 Å². The van der Waals surface area contributed by atoms with Crippen LogP contribution >= 0.6 is 0 Å². The highest BCUT2D eigenvalue weighted by Crippen LogP contribution is 2.23. The number of ether oxygens (including phenoxy) is 2. The number of benzene rings is 1. The summed E-state index contributed by atoms with van der Waals surface area (Å²) in [5.74, 6) is -2.27. The van der Waals surface area contributed by atoms with Gasteiger partial charge in [0.15, 0.2) is 0 Å². The molecule has 1 aromatic rings. The van der Waals surface area contributed by atoms with E-state index in [4.69, 9.17) is 9.84 Å². The molecule has 0 radical (unpaired) electrons. The highest BCUT2D eigenvalue weighted by Gasteiger charge is 2.30. The molecule has 0 saturated heterocycles. The van der Waals surface area contributed by atoms with Crippen LogP contribution in [0.3, 0.4) is 0 Å². The Morgan fingerprint density at radius 2 is 1.83 bits per heavy atom. The topological polar surface area (TPSA) is 72.8 Å². The van der Waals surface area contributed by atoms with Gasteiger partial charge in [0.1, 0.15) is 5.75 Å². The van der Waals surface area contributed by atoms with Crippen molar-refractivity contribution >= 4 is 18.0 Å². The Kier molecular flexibility index (Phi) is 6.58. The number of alkyl halides is 3. The van der Waals surface area contributed by atoms with Gasteiger partial charge in [0.05, 0.1) is 6.61 Å². The van der Waals surface area contributed by atoms with E-state index in [0.717, 1.165) is 12.1 Å². The van der Waals surface area contributed by atoms with Gasteiger partial charge in [0, 0.05) is 17.6 Å². The number of hydrogen-bond donors (Lipinski definition) is 1. The summed E-state index contributed by atoms with van der Waals surface area (Å²) < 4.78 is 44.7. The van der Waals surface area contributed by atoms with Crippen LogP contribution in [0.1, 0.15) is 18.9 Å². The molecule has 0 bridgehead atoms. The number of esters is 1. The standard InChI is InChI=1S/C16H15F3O5/c1-10(2)15(22)23-8-7-12(14(20)21)9-11-3-5-13(6-4-11)24-16(17,18)19/h3-6,9H,1,7-8H2,2H3,(H,20,21). The monoisotopic (exact) mass is 344 g/mol. The molecule has 0 aromatic heterocycles. The molecule has 5 nitrogen and oxygen atoms in total. The highest BCUT2D eigenvalue weighted by molar-refractivity contribution is 5.92. The van der Waals surface area contributed by atoms with E-state index < -0.39 is 24.1 Å². The molecule has 0 heterocycles. The van der Waals surface area contributed by atoms with E-state index in [1.807, 2.05) is 0 Å². The number of halogens is 3. The Morgan fingerprint density at radius 3 is 2.29 bits per heavy atom. The van der Waals surface area contributed by atoms with Gasteiger partial charge in [-0.15, -0.1) is 13.2 Å². The Morgan fingerprint density at radius 1 is 1.25 bits per heavy atom. The fourth-order valence-corrected chi connectivity index (χ4v) is 1.58. The largest absolute Gasteiger partial charge is 0.573 e. The first-order chi connectivity index (χ1) is 11.1.